The Labute approximate surface area is 216 Å². The number of halogens is 4. The standard InChI is InChI=1S/C23H20Cl3FN6S/c1-13-21(14(2)33(30-13)11-15-7-8-17(24)9-18(15)25)28-23(34)29-22-19(26)12-32(31-22)10-16-5-3-4-6-20(16)27/h3-9,12H,10-11H2,1-2H3,(H2,28,29,31,34). The van der Waals surface area contributed by atoms with Gasteiger partial charge in [-0.1, -0.05) is 59.1 Å². The van der Waals surface area contributed by atoms with Crippen LogP contribution in [-0.2, 0) is 13.1 Å². The largest absolute Gasteiger partial charge is 0.329 e. The maximum atomic E-state index is 13.9. The summed E-state index contributed by atoms with van der Waals surface area (Å²) >= 11 is 24.1. The van der Waals surface area contributed by atoms with Gasteiger partial charge in [0.1, 0.15) is 10.8 Å². The van der Waals surface area contributed by atoms with Crippen molar-refractivity contribution < 1.29 is 4.39 Å². The van der Waals surface area contributed by atoms with Gasteiger partial charge in [0, 0.05) is 21.8 Å². The Kier molecular flexibility index (Phi) is 7.42. The highest BCUT2D eigenvalue weighted by atomic mass is 35.5. The Balaban J connectivity index is 1.45. The van der Waals surface area contributed by atoms with Crippen LogP contribution in [0, 0.1) is 19.7 Å². The number of aryl methyl sites for hydroxylation is 1. The van der Waals surface area contributed by atoms with E-state index >= 15 is 0 Å². The normalized spacial score (nSPS) is 11.0. The Morgan fingerprint density at radius 2 is 1.74 bits per heavy atom. The van der Waals surface area contributed by atoms with Crippen LogP contribution in [0.25, 0.3) is 0 Å². The summed E-state index contributed by atoms with van der Waals surface area (Å²) in [7, 11) is 0. The lowest BCUT2D eigenvalue weighted by atomic mass is 10.2. The Morgan fingerprint density at radius 1 is 0.971 bits per heavy atom. The number of rotatable bonds is 6. The molecule has 2 aromatic carbocycles. The molecule has 0 aliphatic heterocycles. The first-order valence-corrected chi connectivity index (χ1v) is 11.8. The lowest BCUT2D eigenvalue weighted by Crippen LogP contribution is -2.20. The minimum atomic E-state index is -0.302. The average Bonchev–Trinajstić information content (AvgIpc) is 3.25. The van der Waals surface area contributed by atoms with Crippen molar-refractivity contribution in [1.29, 1.82) is 0 Å². The van der Waals surface area contributed by atoms with Crippen molar-refractivity contribution in [3.8, 4) is 0 Å². The summed E-state index contributed by atoms with van der Waals surface area (Å²) in [5.41, 5.74) is 3.82. The third-order valence-electron chi connectivity index (χ3n) is 5.19. The predicted molar refractivity (Wildman–Crippen MR) is 140 cm³/mol. The van der Waals surface area contributed by atoms with Crippen molar-refractivity contribution >= 4 is 63.6 Å². The molecule has 0 amide bonds. The molecule has 34 heavy (non-hydrogen) atoms. The summed E-state index contributed by atoms with van der Waals surface area (Å²) < 4.78 is 17.3. The second-order valence-electron chi connectivity index (χ2n) is 7.63. The van der Waals surface area contributed by atoms with E-state index in [9.17, 15) is 4.39 Å². The van der Waals surface area contributed by atoms with E-state index in [1.807, 2.05) is 24.6 Å². The van der Waals surface area contributed by atoms with E-state index in [0.29, 0.717) is 38.1 Å². The van der Waals surface area contributed by atoms with Gasteiger partial charge in [-0.2, -0.15) is 10.2 Å². The third kappa shape index (κ3) is 5.52. The molecule has 0 fully saturated rings. The first kappa shape index (κ1) is 24.5. The van der Waals surface area contributed by atoms with E-state index in [-0.39, 0.29) is 12.4 Å². The Morgan fingerprint density at radius 3 is 2.47 bits per heavy atom. The van der Waals surface area contributed by atoms with E-state index in [0.717, 1.165) is 22.6 Å². The highest BCUT2D eigenvalue weighted by Crippen LogP contribution is 2.26. The topological polar surface area (TPSA) is 59.7 Å². The molecule has 176 valence electrons. The minimum absolute atomic E-state index is 0.243. The highest BCUT2D eigenvalue weighted by molar-refractivity contribution is 7.80. The molecule has 2 aromatic heterocycles. The van der Waals surface area contributed by atoms with Crippen LogP contribution in [-0.4, -0.2) is 24.7 Å². The molecule has 0 spiro atoms. The number of thiocarbonyl (C=S) groups is 1. The maximum absolute atomic E-state index is 13.9. The van der Waals surface area contributed by atoms with Crippen LogP contribution in [0.2, 0.25) is 15.1 Å². The van der Waals surface area contributed by atoms with Crippen molar-refractivity contribution in [2.45, 2.75) is 26.9 Å². The fourth-order valence-electron chi connectivity index (χ4n) is 3.46. The van der Waals surface area contributed by atoms with Gasteiger partial charge in [0.05, 0.1) is 30.2 Å². The lowest BCUT2D eigenvalue weighted by molar-refractivity contribution is 0.586. The molecule has 4 rings (SSSR count). The van der Waals surface area contributed by atoms with Crippen LogP contribution in [0.1, 0.15) is 22.5 Å². The highest BCUT2D eigenvalue weighted by Gasteiger charge is 2.16. The summed E-state index contributed by atoms with van der Waals surface area (Å²) in [6, 6.07) is 11.9. The smallest absolute Gasteiger partial charge is 0.176 e. The molecule has 0 unspecified atom stereocenters. The molecule has 11 heteroatoms. The zero-order valence-electron chi connectivity index (χ0n) is 18.2. The van der Waals surface area contributed by atoms with Crippen molar-refractivity contribution in [1.82, 2.24) is 19.6 Å². The molecule has 0 radical (unpaired) electrons. The minimum Gasteiger partial charge on any atom is -0.329 e. The molecular weight excluding hydrogens is 518 g/mol. The van der Waals surface area contributed by atoms with Gasteiger partial charge >= 0.3 is 0 Å². The summed E-state index contributed by atoms with van der Waals surface area (Å²) in [5, 5.41) is 17.0. The lowest BCUT2D eigenvalue weighted by Gasteiger charge is -2.11. The van der Waals surface area contributed by atoms with Crippen molar-refractivity contribution in [2.75, 3.05) is 10.6 Å². The third-order valence-corrected chi connectivity index (χ3v) is 6.26. The van der Waals surface area contributed by atoms with Crippen molar-refractivity contribution in [3.05, 3.63) is 92.1 Å². The second kappa shape index (κ2) is 10.3. The summed E-state index contributed by atoms with van der Waals surface area (Å²) in [6.07, 6.45) is 1.61. The molecule has 2 N–H and O–H groups in total. The first-order chi connectivity index (χ1) is 16.2. The maximum Gasteiger partial charge on any atom is 0.176 e. The molecule has 4 aromatic rings. The van der Waals surface area contributed by atoms with E-state index < -0.39 is 0 Å². The molecular formula is C23H20Cl3FN6S. The predicted octanol–water partition coefficient (Wildman–Crippen LogP) is 6.70. The molecule has 6 nitrogen and oxygen atoms in total. The number of hydrogen-bond donors (Lipinski definition) is 2. The quantitative estimate of drug-likeness (QED) is 0.268. The zero-order chi connectivity index (χ0) is 24.4. The van der Waals surface area contributed by atoms with Crippen LogP contribution in [0.3, 0.4) is 0 Å². The van der Waals surface area contributed by atoms with Crippen LogP contribution in [0.4, 0.5) is 15.9 Å². The number of nitrogens with zero attached hydrogens (tertiary/aromatic N) is 4. The Bertz CT molecular complexity index is 1370. The molecule has 0 atom stereocenters. The van der Waals surface area contributed by atoms with Gasteiger partial charge in [-0.05, 0) is 49.8 Å². The Hall–Kier alpha value is -2.65. The fourth-order valence-corrected chi connectivity index (χ4v) is 4.32. The van der Waals surface area contributed by atoms with Crippen molar-refractivity contribution in [2.24, 2.45) is 0 Å². The van der Waals surface area contributed by atoms with Crippen molar-refractivity contribution in [3.63, 3.8) is 0 Å². The molecule has 0 aliphatic rings. The fraction of sp³-hybridized carbons (Fsp3) is 0.174. The average molecular weight is 538 g/mol. The van der Waals surface area contributed by atoms with Gasteiger partial charge in [0.15, 0.2) is 10.9 Å². The van der Waals surface area contributed by atoms with E-state index in [2.05, 4.69) is 20.8 Å². The van der Waals surface area contributed by atoms with E-state index in [4.69, 9.17) is 47.0 Å². The van der Waals surface area contributed by atoms with Crippen LogP contribution in [0.5, 0.6) is 0 Å². The molecule has 0 saturated heterocycles. The SMILES string of the molecule is Cc1nn(Cc2ccc(Cl)cc2Cl)c(C)c1NC(=S)Nc1nn(Cc2ccccc2F)cc1Cl. The first-order valence-electron chi connectivity index (χ1n) is 10.2. The monoisotopic (exact) mass is 536 g/mol. The van der Waals surface area contributed by atoms with Crippen LogP contribution >= 0.6 is 47.0 Å². The summed E-state index contributed by atoms with van der Waals surface area (Å²) in [5.74, 6) is 0.0646. The van der Waals surface area contributed by atoms with Crippen LogP contribution in [0.15, 0.2) is 48.7 Å². The molecule has 0 saturated carbocycles. The second-order valence-corrected chi connectivity index (χ2v) is 9.29. The number of aromatic nitrogens is 4. The number of anilines is 2. The van der Waals surface area contributed by atoms with Gasteiger partial charge in [-0.3, -0.25) is 9.36 Å². The van der Waals surface area contributed by atoms with E-state index in [1.165, 1.54) is 6.07 Å². The summed E-state index contributed by atoms with van der Waals surface area (Å²) in [4.78, 5) is 0. The van der Waals surface area contributed by atoms with Gasteiger partial charge in [-0.15, -0.1) is 0 Å². The van der Waals surface area contributed by atoms with Gasteiger partial charge in [0.25, 0.3) is 0 Å². The van der Waals surface area contributed by atoms with Gasteiger partial charge < -0.3 is 10.6 Å². The molecule has 0 bridgehead atoms. The summed E-state index contributed by atoms with van der Waals surface area (Å²) in [6.45, 7) is 4.54. The molecule has 2 heterocycles. The zero-order valence-corrected chi connectivity index (χ0v) is 21.3. The van der Waals surface area contributed by atoms with Gasteiger partial charge in [0.2, 0.25) is 0 Å². The number of hydrogen-bond acceptors (Lipinski definition) is 3. The van der Waals surface area contributed by atoms with E-state index in [1.54, 1.807) is 41.2 Å². The number of nitrogens with one attached hydrogen (secondary N) is 2. The van der Waals surface area contributed by atoms with Crippen LogP contribution < -0.4 is 10.6 Å². The number of benzene rings is 2. The van der Waals surface area contributed by atoms with Gasteiger partial charge in [-0.25, -0.2) is 4.39 Å². The molecule has 0 aliphatic carbocycles.